The molecular weight excluding hydrogens is 409 g/mol. The monoisotopic (exact) mass is 425 g/mol. The molecule has 0 radical (unpaired) electrons. The highest BCUT2D eigenvalue weighted by molar-refractivity contribution is 6.35. The molecule has 0 bridgehead atoms. The maximum atomic E-state index is 10.2. The van der Waals surface area contributed by atoms with Gasteiger partial charge in [-0.25, -0.2) is 15.5 Å². The van der Waals surface area contributed by atoms with Gasteiger partial charge in [-0.2, -0.15) is 5.10 Å². The zero-order valence-electron chi connectivity index (χ0n) is 14.8. The Morgan fingerprint density at radius 1 is 1.25 bits per heavy atom. The van der Waals surface area contributed by atoms with E-state index in [0.29, 0.717) is 33.7 Å². The number of nitrogens with two attached hydrogens (primary N) is 1. The number of nitro groups is 1. The van der Waals surface area contributed by atoms with Crippen molar-refractivity contribution in [2.24, 2.45) is 15.9 Å². The fourth-order valence-corrected chi connectivity index (χ4v) is 2.53. The van der Waals surface area contributed by atoms with Crippen LogP contribution in [0.3, 0.4) is 0 Å². The van der Waals surface area contributed by atoms with Gasteiger partial charge in [-0.05, 0) is 42.8 Å². The smallest absolute Gasteiger partial charge is 0.286 e. The van der Waals surface area contributed by atoms with Crippen molar-refractivity contribution < 1.29 is 14.5 Å². The zero-order valence-corrected chi connectivity index (χ0v) is 16.3. The molecule has 3 N–H and O–H groups in total. The van der Waals surface area contributed by atoms with E-state index < -0.39 is 11.0 Å². The Morgan fingerprint density at radius 2 is 2.04 bits per heavy atom. The van der Waals surface area contributed by atoms with Gasteiger partial charge in [0, 0.05) is 15.6 Å². The molecule has 28 heavy (non-hydrogen) atoms. The molecular formula is C17H17Cl2N5O4. The summed E-state index contributed by atoms with van der Waals surface area (Å²) in [6, 6.07) is 10.3. The second-order valence-corrected chi connectivity index (χ2v) is 6.10. The lowest BCUT2D eigenvalue weighted by Gasteiger charge is -2.13. The Balaban J connectivity index is 2.10. The van der Waals surface area contributed by atoms with Crippen LogP contribution in [0.25, 0.3) is 0 Å². The van der Waals surface area contributed by atoms with E-state index in [4.69, 9.17) is 38.4 Å². The van der Waals surface area contributed by atoms with Gasteiger partial charge in [0.15, 0.2) is 16.5 Å². The van der Waals surface area contributed by atoms with Crippen LogP contribution in [0.4, 0.5) is 0 Å². The van der Waals surface area contributed by atoms with E-state index in [1.807, 2.05) is 6.92 Å². The van der Waals surface area contributed by atoms with Crippen LogP contribution in [0.15, 0.2) is 46.6 Å². The van der Waals surface area contributed by atoms with Crippen molar-refractivity contribution in [3.05, 3.63) is 67.7 Å². The van der Waals surface area contributed by atoms with Crippen molar-refractivity contribution >= 4 is 35.4 Å². The fourth-order valence-electron chi connectivity index (χ4n) is 2.07. The summed E-state index contributed by atoms with van der Waals surface area (Å²) in [5, 5.41) is 17.0. The number of hydrazone groups is 2. The molecule has 2 aromatic carbocycles. The number of hydrogen-bond donors (Lipinski definition) is 2. The van der Waals surface area contributed by atoms with E-state index in [9.17, 15) is 10.1 Å². The molecule has 0 spiro atoms. The third-order valence-electron chi connectivity index (χ3n) is 3.25. The minimum absolute atomic E-state index is 0.235. The minimum atomic E-state index is -0.926. The van der Waals surface area contributed by atoms with Gasteiger partial charge >= 0.3 is 0 Å². The molecule has 11 heteroatoms. The number of benzene rings is 2. The van der Waals surface area contributed by atoms with Crippen LogP contribution in [0, 0.1) is 10.1 Å². The maximum absolute atomic E-state index is 10.2. The molecule has 0 heterocycles. The molecule has 9 nitrogen and oxygen atoms in total. The van der Waals surface area contributed by atoms with E-state index in [-0.39, 0.29) is 6.61 Å². The first kappa shape index (κ1) is 21.3. The summed E-state index contributed by atoms with van der Waals surface area (Å²) in [4.78, 5) is 10.2. The van der Waals surface area contributed by atoms with Crippen LogP contribution in [0.2, 0.25) is 10.0 Å². The Labute approximate surface area is 170 Å². The average molecular weight is 426 g/mol. The average Bonchev–Trinajstić information content (AvgIpc) is 2.62. The van der Waals surface area contributed by atoms with Crippen molar-refractivity contribution in [3.8, 4) is 11.5 Å². The summed E-state index contributed by atoms with van der Waals surface area (Å²) in [5.74, 6) is 0.585. The summed E-state index contributed by atoms with van der Waals surface area (Å²) in [6.07, 6.45) is 1.41. The van der Waals surface area contributed by atoms with Crippen LogP contribution in [-0.4, -0.2) is 23.8 Å². The molecule has 0 unspecified atom stereocenters. The molecule has 2 rings (SSSR count). The summed E-state index contributed by atoms with van der Waals surface area (Å²) in [6.45, 7) is 2.51. The van der Waals surface area contributed by atoms with Crippen LogP contribution in [-0.2, 0) is 6.61 Å². The molecule has 0 saturated carbocycles. The van der Waals surface area contributed by atoms with Crippen LogP contribution in [0.5, 0.6) is 11.5 Å². The van der Waals surface area contributed by atoms with Gasteiger partial charge in [0.2, 0.25) is 0 Å². The molecule has 2 aromatic rings. The first-order valence-corrected chi connectivity index (χ1v) is 8.75. The highest BCUT2D eigenvalue weighted by Crippen LogP contribution is 2.30. The lowest BCUT2D eigenvalue weighted by Crippen LogP contribution is -2.28. The Bertz CT molecular complexity index is 905. The summed E-state index contributed by atoms with van der Waals surface area (Å²) in [5.41, 5.74) is 8.96. The fraction of sp³-hybridized carbons (Fsp3) is 0.176. The van der Waals surface area contributed by atoms with Crippen molar-refractivity contribution in [1.29, 1.82) is 0 Å². The second kappa shape index (κ2) is 10.3. The normalized spacial score (nSPS) is 11.5. The highest BCUT2D eigenvalue weighted by Gasteiger charge is 2.08. The number of ether oxygens (including phenoxy) is 2. The quantitative estimate of drug-likeness (QED) is 0.289. The molecule has 148 valence electrons. The van der Waals surface area contributed by atoms with Crippen molar-refractivity contribution in [3.63, 3.8) is 0 Å². The number of nitrogens with zero attached hydrogens (tertiary/aromatic N) is 3. The number of halogens is 2. The highest BCUT2D eigenvalue weighted by atomic mass is 35.5. The van der Waals surface area contributed by atoms with Crippen LogP contribution >= 0.6 is 23.2 Å². The van der Waals surface area contributed by atoms with Gasteiger partial charge in [0.25, 0.3) is 5.96 Å². The third kappa shape index (κ3) is 6.60. The zero-order chi connectivity index (χ0) is 20.5. The third-order valence-corrected chi connectivity index (χ3v) is 3.83. The largest absolute Gasteiger partial charge is 0.490 e. The number of guanidine groups is 1. The summed E-state index contributed by atoms with van der Waals surface area (Å²) in [7, 11) is 0. The predicted molar refractivity (Wildman–Crippen MR) is 108 cm³/mol. The molecule has 0 aliphatic heterocycles. The van der Waals surface area contributed by atoms with Gasteiger partial charge in [0.1, 0.15) is 11.7 Å². The van der Waals surface area contributed by atoms with Gasteiger partial charge in [-0.3, -0.25) is 0 Å². The standard InChI is InChI=1S/C17H17Cl2N5O4/c1-2-27-16-7-11(9-21-22-17(20)23-24(25)26)3-6-15(16)28-10-12-4-5-13(18)8-14(12)19/h3-9H,2,10H2,1H3,(H3,20,22,23)/b21-9+. The number of nitrogens with one attached hydrogen (secondary N) is 1. The topological polar surface area (TPSA) is 124 Å². The van der Waals surface area contributed by atoms with Gasteiger partial charge in [-0.15, -0.1) is 0 Å². The lowest BCUT2D eigenvalue weighted by molar-refractivity contribution is -0.485. The Kier molecular flexibility index (Phi) is 7.85. The molecule has 0 amide bonds. The molecule has 0 aliphatic carbocycles. The molecule has 0 aliphatic rings. The van der Waals surface area contributed by atoms with Crippen molar-refractivity contribution in [1.82, 2.24) is 5.43 Å². The van der Waals surface area contributed by atoms with Crippen LogP contribution in [0.1, 0.15) is 18.1 Å². The van der Waals surface area contributed by atoms with E-state index in [0.717, 1.165) is 5.56 Å². The van der Waals surface area contributed by atoms with E-state index in [1.165, 1.54) is 6.21 Å². The van der Waals surface area contributed by atoms with Gasteiger partial charge in [-0.1, -0.05) is 29.3 Å². The van der Waals surface area contributed by atoms with Gasteiger partial charge in [0.05, 0.1) is 12.8 Å². The maximum Gasteiger partial charge on any atom is 0.286 e. The first-order chi connectivity index (χ1) is 13.4. The molecule has 0 fully saturated rings. The number of hydrogen-bond acceptors (Lipinski definition) is 5. The Morgan fingerprint density at radius 3 is 2.71 bits per heavy atom. The first-order valence-electron chi connectivity index (χ1n) is 8.00. The van der Waals surface area contributed by atoms with Gasteiger partial charge < -0.3 is 15.2 Å². The van der Waals surface area contributed by atoms with E-state index in [1.54, 1.807) is 36.4 Å². The minimum Gasteiger partial charge on any atom is -0.490 e. The van der Waals surface area contributed by atoms with E-state index in [2.05, 4.69) is 15.6 Å². The predicted octanol–water partition coefficient (Wildman–Crippen LogP) is 3.40. The number of rotatable bonds is 8. The molecule has 0 atom stereocenters. The molecule has 0 saturated heterocycles. The van der Waals surface area contributed by atoms with E-state index >= 15 is 0 Å². The van der Waals surface area contributed by atoms with Crippen molar-refractivity contribution in [2.45, 2.75) is 13.5 Å². The summed E-state index contributed by atoms with van der Waals surface area (Å²) < 4.78 is 11.4. The van der Waals surface area contributed by atoms with Crippen LogP contribution < -0.4 is 20.6 Å². The lowest BCUT2D eigenvalue weighted by atomic mass is 10.2. The van der Waals surface area contributed by atoms with Crippen molar-refractivity contribution in [2.75, 3.05) is 6.61 Å². The summed E-state index contributed by atoms with van der Waals surface area (Å²) >= 11 is 12.0. The Hall–Kier alpha value is -3.04. The second-order valence-electron chi connectivity index (χ2n) is 5.26. The molecule has 0 aromatic heterocycles. The SMILES string of the molecule is CCOc1cc(/C=N/N/C(N)=N\[N+](=O)[O-])ccc1OCc1ccc(Cl)cc1Cl.